The van der Waals surface area contributed by atoms with Crippen LogP contribution in [0.4, 0.5) is 0 Å². The molecule has 0 aliphatic heterocycles. The van der Waals surface area contributed by atoms with Crippen molar-refractivity contribution in [1.82, 2.24) is 0 Å². The summed E-state index contributed by atoms with van der Waals surface area (Å²) in [7, 11) is 0. The van der Waals surface area contributed by atoms with E-state index in [4.69, 9.17) is 0 Å². The van der Waals surface area contributed by atoms with Crippen molar-refractivity contribution in [3.05, 3.63) is 19.1 Å². The van der Waals surface area contributed by atoms with Gasteiger partial charge in [0, 0.05) is 0 Å². The molecule has 0 spiro atoms. The average Bonchev–Trinajstić information content (AvgIpc) is 2.03. The first-order valence-electron chi connectivity index (χ1n) is 4.86. The van der Waals surface area contributed by atoms with Crippen molar-refractivity contribution in [3.63, 3.8) is 0 Å². The molecule has 65 valence electrons. The third kappa shape index (κ3) is 9.74. The van der Waals surface area contributed by atoms with Crippen LogP contribution in [0.3, 0.4) is 0 Å². The lowest BCUT2D eigenvalue weighted by Gasteiger charge is -1.96. The Morgan fingerprint density at radius 1 is 1.00 bits per heavy atom. The SMILES string of the molecule is [CH2]/C=C/CCCCCCCC. The summed E-state index contributed by atoms with van der Waals surface area (Å²) in [6.45, 7) is 5.91. The van der Waals surface area contributed by atoms with Crippen molar-refractivity contribution in [2.45, 2.75) is 51.9 Å². The molecule has 0 N–H and O–H groups in total. The minimum absolute atomic E-state index is 1.22. The lowest BCUT2D eigenvalue weighted by atomic mass is 10.1. The molecule has 0 aromatic rings. The van der Waals surface area contributed by atoms with E-state index in [9.17, 15) is 0 Å². The van der Waals surface area contributed by atoms with Crippen molar-refractivity contribution in [3.8, 4) is 0 Å². The fourth-order valence-electron chi connectivity index (χ4n) is 1.16. The summed E-state index contributed by atoms with van der Waals surface area (Å²) in [6, 6.07) is 0. The first-order valence-corrected chi connectivity index (χ1v) is 4.86. The molecule has 0 saturated heterocycles. The zero-order valence-electron chi connectivity index (χ0n) is 7.81. The van der Waals surface area contributed by atoms with Gasteiger partial charge >= 0.3 is 0 Å². The van der Waals surface area contributed by atoms with Crippen molar-refractivity contribution in [2.24, 2.45) is 0 Å². The summed E-state index contributed by atoms with van der Waals surface area (Å²) < 4.78 is 0. The number of unbranched alkanes of at least 4 members (excludes halogenated alkanes) is 6. The molecule has 1 radical (unpaired) electrons. The molecule has 0 aromatic heterocycles. The van der Waals surface area contributed by atoms with E-state index in [-0.39, 0.29) is 0 Å². The molecule has 0 aliphatic rings. The second kappa shape index (κ2) is 9.74. The highest BCUT2D eigenvalue weighted by Gasteiger charge is 1.86. The first kappa shape index (κ1) is 10.7. The predicted molar refractivity (Wildman–Crippen MR) is 52.5 cm³/mol. The molecular weight excluding hydrogens is 132 g/mol. The Morgan fingerprint density at radius 2 is 1.64 bits per heavy atom. The van der Waals surface area contributed by atoms with E-state index in [1.165, 1.54) is 44.9 Å². The number of rotatable bonds is 7. The Balaban J connectivity index is 2.79. The second-order valence-electron chi connectivity index (χ2n) is 3.03. The molecule has 0 aromatic carbocycles. The van der Waals surface area contributed by atoms with Crippen molar-refractivity contribution >= 4 is 0 Å². The highest BCUT2D eigenvalue weighted by Crippen LogP contribution is 2.06. The van der Waals surface area contributed by atoms with Gasteiger partial charge in [0.25, 0.3) is 0 Å². The second-order valence-corrected chi connectivity index (χ2v) is 3.03. The van der Waals surface area contributed by atoms with Gasteiger partial charge in [-0.2, -0.15) is 0 Å². The quantitative estimate of drug-likeness (QED) is 0.482. The lowest BCUT2D eigenvalue weighted by molar-refractivity contribution is 0.611. The van der Waals surface area contributed by atoms with Crippen LogP contribution in [0.15, 0.2) is 12.2 Å². The van der Waals surface area contributed by atoms with Crippen LogP contribution in [-0.4, -0.2) is 0 Å². The van der Waals surface area contributed by atoms with E-state index >= 15 is 0 Å². The van der Waals surface area contributed by atoms with Crippen LogP contribution in [0.2, 0.25) is 0 Å². The van der Waals surface area contributed by atoms with E-state index in [2.05, 4.69) is 19.9 Å². The van der Waals surface area contributed by atoms with Crippen molar-refractivity contribution in [1.29, 1.82) is 0 Å². The van der Waals surface area contributed by atoms with Gasteiger partial charge in [0.1, 0.15) is 0 Å². The Bertz CT molecular complexity index is 82.0. The third-order valence-corrected chi connectivity index (χ3v) is 1.89. The van der Waals surface area contributed by atoms with Crippen LogP contribution in [0.1, 0.15) is 51.9 Å². The van der Waals surface area contributed by atoms with E-state index in [1.807, 2.05) is 6.08 Å². The molecule has 11 heavy (non-hydrogen) atoms. The molecule has 0 aliphatic carbocycles. The largest absolute Gasteiger partial charge is 0.0885 e. The minimum Gasteiger partial charge on any atom is -0.0885 e. The maximum Gasteiger partial charge on any atom is -0.0316 e. The van der Waals surface area contributed by atoms with Gasteiger partial charge in [0.2, 0.25) is 0 Å². The van der Waals surface area contributed by atoms with Crippen LogP contribution in [0.5, 0.6) is 0 Å². The molecule has 0 bridgehead atoms. The molecule has 0 atom stereocenters. The van der Waals surface area contributed by atoms with E-state index < -0.39 is 0 Å². The monoisotopic (exact) mass is 153 g/mol. The zero-order chi connectivity index (χ0) is 8.36. The Kier molecular flexibility index (Phi) is 9.51. The van der Waals surface area contributed by atoms with E-state index in [1.54, 1.807) is 0 Å². The van der Waals surface area contributed by atoms with Gasteiger partial charge in [-0.15, -0.1) is 0 Å². The van der Waals surface area contributed by atoms with Gasteiger partial charge in [-0.1, -0.05) is 51.2 Å². The van der Waals surface area contributed by atoms with Gasteiger partial charge < -0.3 is 0 Å². The number of allylic oxidation sites excluding steroid dienone is 2. The Morgan fingerprint density at radius 3 is 2.27 bits per heavy atom. The van der Waals surface area contributed by atoms with Gasteiger partial charge in [-0.3, -0.25) is 0 Å². The molecule has 0 amide bonds. The Labute approximate surface area is 71.7 Å². The fraction of sp³-hybridized carbons (Fsp3) is 0.727. The smallest absolute Gasteiger partial charge is 0.0316 e. The van der Waals surface area contributed by atoms with E-state index in [0.29, 0.717) is 0 Å². The Hall–Kier alpha value is -0.260. The summed E-state index contributed by atoms with van der Waals surface area (Å²) in [5.74, 6) is 0. The van der Waals surface area contributed by atoms with Crippen molar-refractivity contribution < 1.29 is 0 Å². The predicted octanol–water partition coefficient (Wildman–Crippen LogP) is 4.13. The van der Waals surface area contributed by atoms with Gasteiger partial charge in [-0.25, -0.2) is 0 Å². The molecule has 0 fully saturated rings. The van der Waals surface area contributed by atoms with Gasteiger partial charge in [-0.05, 0) is 19.8 Å². The third-order valence-electron chi connectivity index (χ3n) is 1.89. The number of hydrogen-bond acceptors (Lipinski definition) is 0. The van der Waals surface area contributed by atoms with Crippen LogP contribution in [0.25, 0.3) is 0 Å². The standard InChI is InChI=1S/C11H21/c1-3-5-7-9-11-10-8-6-4-2/h3,5H,1,4,6-11H2,2H3/b5-3+. The lowest BCUT2D eigenvalue weighted by Crippen LogP contribution is -1.77. The molecule has 0 nitrogen and oxygen atoms in total. The molecule has 0 saturated carbocycles. The normalized spacial score (nSPS) is 11.1. The topological polar surface area (TPSA) is 0 Å². The molecular formula is C11H21. The van der Waals surface area contributed by atoms with Gasteiger partial charge in [0.15, 0.2) is 0 Å². The zero-order valence-corrected chi connectivity index (χ0v) is 7.81. The summed E-state index contributed by atoms with van der Waals surface area (Å²) >= 11 is 0. The van der Waals surface area contributed by atoms with Crippen LogP contribution in [-0.2, 0) is 0 Å². The summed E-state index contributed by atoms with van der Waals surface area (Å²) in [4.78, 5) is 0. The minimum atomic E-state index is 1.22. The maximum absolute atomic E-state index is 3.65. The summed E-state index contributed by atoms with van der Waals surface area (Å²) in [6.07, 6.45) is 13.6. The molecule has 0 heterocycles. The molecule has 0 rings (SSSR count). The number of hydrogen-bond donors (Lipinski definition) is 0. The van der Waals surface area contributed by atoms with E-state index in [0.717, 1.165) is 0 Å². The summed E-state index contributed by atoms with van der Waals surface area (Å²) in [5, 5.41) is 0. The van der Waals surface area contributed by atoms with Gasteiger partial charge in [0.05, 0.1) is 0 Å². The fourth-order valence-corrected chi connectivity index (χ4v) is 1.16. The highest BCUT2D eigenvalue weighted by molar-refractivity contribution is 4.83. The molecule has 0 heteroatoms. The van der Waals surface area contributed by atoms with Crippen LogP contribution >= 0.6 is 0 Å². The maximum atomic E-state index is 3.65. The van der Waals surface area contributed by atoms with Crippen LogP contribution in [0, 0.1) is 6.92 Å². The highest BCUT2D eigenvalue weighted by atomic mass is 13.9. The molecule has 0 unspecified atom stereocenters. The summed E-state index contributed by atoms with van der Waals surface area (Å²) in [5.41, 5.74) is 0. The average molecular weight is 153 g/mol. The first-order chi connectivity index (χ1) is 5.41. The van der Waals surface area contributed by atoms with Crippen molar-refractivity contribution in [2.75, 3.05) is 0 Å². The van der Waals surface area contributed by atoms with Crippen LogP contribution < -0.4 is 0 Å².